The summed E-state index contributed by atoms with van der Waals surface area (Å²) >= 11 is 5.76. The zero-order valence-electron chi connectivity index (χ0n) is 12.0. The molecule has 0 unspecified atom stereocenters. The molecule has 0 saturated heterocycles. The maximum Gasteiger partial charge on any atom is 0.233 e. The Balaban J connectivity index is 1.65. The van der Waals surface area contributed by atoms with Gasteiger partial charge < -0.3 is 9.15 Å². The normalized spacial score (nSPS) is 10.6. The number of hydrogen-bond acceptors (Lipinski definition) is 5. The van der Waals surface area contributed by atoms with E-state index in [0.717, 1.165) is 17.0 Å². The van der Waals surface area contributed by atoms with Gasteiger partial charge in [-0.05, 0) is 19.1 Å². The van der Waals surface area contributed by atoms with Crippen molar-refractivity contribution in [3.8, 4) is 17.3 Å². The maximum absolute atomic E-state index is 5.76. The molecule has 0 radical (unpaired) electrons. The van der Waals surface area contributed by atoms with Crippen LogP contribution in [0.1, 0.15) is 11.5 Å². The molecule has 0 aliphatic carbocycles. The van der Waals surface area contributed by atoms with Crippen molar-refractivity contribution in [3.05, 3.63) is 59.3 Å². The third kappa shape index (κ3) is 3.43. The quantitative estimate of drug-likeness (QED) is 0.718. The van der Waals surface area contributed by atoms with Gasteiger partial charge in [0, 0.05) is 12.0 Å². The molecule has 2 heterocycles. The van der Waals surface area contributed by atoms with Crippen LogP contribution in [0.2, 0.25) is 5.15 Å². The van der Waals surface area contributed by atoms with Gasteiger partial charge in [0.05, 0.1) is 24.7 Å². The molecule has 6 heteroatoms. The van der Waals surface area contributed by atoms with Crippen molar-refractivity contribution in [1.29, 1.82) is 0 Å². The fraction of sp³-hybridized carbons (Fsp3) is 0.188. The van der Waals surface area contributed by atoms with E-state index < -0.39 is 0 Å². The molecule has 2 aromatic heterocycles. The highest BCUT2D eigenvalue weighted by molar-refractivity contribution is 6.29. The van der Waals surface area contributed by atoms with Crippen molar-refractivity contribution in [3.63, 3.8) is 0 Å². The molecule has 5 nitrogen and oxygen atoms in total. The number of halogens is 1. The minimum atomic E-state index is 0.307. The molecule has 0 saturated carbocycles. The molecule has 112 valence electrons. The van der Waals surface area contributed by atoms with E-state index in [1.54, 1.807) is 0 Å². The van der Waals surface area contributed by atoms with Gasteiger partial charge in [-0.25, -0.2) is 4.98 Å². The first-order valence-corrected chi connectivity index (χ1v) is 7.22. The average Bonchev–Trinajstić information content (AvgIpc) is 2.90. The zero-order valence-corrected chi connectivity index (χ0v) is 12.7. The summed E-state index contributed by atoms with van der Waals surface area (Å²) in [6, 6.07) is 9.80. The summed E-state index contributed by atoms with van der Waals surface area (Å²) in [6.45, 7) is 2.32. The highest BCUT2D eigenvalue weighted by atomic mass is 35.5. The molecular formula is C16H14ClN3O2. The summed E-state index contributed by atoms with van der Waals surface area (Å²) in [5, 5.41) is 0.307. The molecule has 3 rings (SSSR count). The summed E-state index contributed by atoms with van der Waals surface area (Å²) in [6.07, 6.45) is 3.61. The van der Waals surface area contributed by atoms with Gasteiger partial charge in [-0.3, -0.25) is 4.98 Å². The van der Waals surface area contributed by atoms with Crippen molar-refractivity contribution >= 4 is 11.6 Å². The van der Waals surface area contributed by atoms with E-state index >= 15 is 0 Å². The molecule has 0 spiro atoms. The van der Waals surface area contributed by atoms with Gasteiger partial charge in [0.1, 0.15) is 5.76 Å². The SMILES string of the molecule is Cc1oc(-c2ccccc2)nc1CCOc1cncc(Cl)n1. The van der Waals surface area contributed by atoms with Crippen LogP contribution in [0.5, 0.6) is 5.88 Å². The molecule has 22 heavy (non-hydrogen) atoms. The number of rotatable bonds is 5. The number of nitrogens with zero attached hydrogens (tertiary/aromatic N) is 3. The smallest absolute Gasteiger partial charge is 0.233 e. The highest BCUT2D eigenvalue weighted by Crippen LogP contribution is 2.21. The monoisotopic (exact) mass is 315 g/mol. The number of aryl methyl sites for hydroxylation is 1. The van der Waals surface area contributed by atoms with Crippen LogP contribution in [0.4, 0.5) is 0 Å². The zero-order chi connectivity index (χ0) is 15.4. The molecule has 0 amide bonds. The van der Waals surface area contributed by atoms with Crippen LogP contribution in [-0.2, 0) is 6.42 Å². The molecular weight excluding hydrogens is 302 g/mol. The third-order valence-corrected chi connectivity index (χ3v) is 3.27. The van der Waals surface area contributed by atoms with Crippen LogP contribution in [0.3, 0.4) is 0 Å². The Morgan fingerprint density at radius 2 is 1.95 bits per heavy atom. The molecule has 0 bridgehead atoms. The standard InChI is InChI=1S/C16H14ClN3O2/c1-11-13(7-8-21-15-10-18-9-14(17)20-15)19-16(22-11)12-5-3-2-4-6-12/h2-6,9-10H,7-8H2,1H3. The van der Waals surface area contributed by atoms with Gasteiger partial charge >= 0.3 is 0 Å². The second kappa shape index (κ2) is 6.58. The third-order valence-electron chi connectivity index (χ3n) is 3.09. The Hall–Kier alpha value is -2.40. The number of benzene rings is 1. The van der Waals surface area contributed by atoms with Crippen LogP contribution in [0, 0.1) is 6.92 Å². The maximum atomic E-state index is 5.76. The van der Waals surface area contributed by atoms with Crippen LogP contribution < -0.4 is 4.74 Å². The number of hydrogen-bond donors (Lipinski definition) is 0. The summed E-state index contributed by atoms with van der Waals surface area (Å²) in [4.78, 5) is 12.5. The van der Waals surface area contributed by atoms with E-state index in [1.165, 1.54) is 12.4 Å². The molecule has 1 aromatic carbocycles. The van der Waals surface area contributed by atoms with E-state index in [0.29, 0.717) is 30.0 Å². The topological polar surface area (TPSA) is 61.0 Å². The first-order valence-electron chi connectivity index (χ1n) is 6.84. The lowest BCUT2D eigenvalue weighted by atomic mass is 10.2. The second-order valence-electron chi connectivity index (χ2n) is 4.67. The van der Waals surface area contributed by atoms with E-state index in [1.807, 2.05) is 37.3 Å². The minimum absolute atomic E-state index is 0.307. The van der Waals surface area contributed by atoms with Crippen LogP contribution in [-0.4, -0.2) is 21.6 Å². The molecule has 0 N–H and O–H groups in total. The lowest BCUT2D eigenvalue weighted by molar-refractivity contribution is 0.306. The van der Waals surface area contributed by atoms with Gasteiger partial charge in [0.2, 0.25) is 11.8 Å². The molecule has 0 aliphatic rings. The fourth-order valence-electron chi connectivity index (χ4n) is 2.01. The van der Waals surface area contributed by atoms with E-state index in [-0.39, 0.29) is 0 Å². The molecule has 0 fully saturated rings. The van der Waals surface area contributed by atoms with E-state index in [2.05, 4.69) is 15.0 Å². The van der Waals surface area contributed by atoms with E-state index in [9.17, 15) is 0 Å². The summed E-state index contributed by atoms with van der Waals surface area (Å²) in [5.74, 6) is 1.81. The predicted molar refractivity (Wildman–Crippen MR) is 82.9 cm³/mol. The van der Waals surface area contributed by atoms with Crippen LogP contribution in [0.15, 0.2) is 47.1 Å². The Morgan fingerprint density at radius 3 is 2.73 bits per heavy atom. The average molecular weight is 316 g/mol. The molecule has 0 aliphatic heterocycles. The first kappa shape index (κ1) is 14.5. The highest BCUT2D eigenvalue weighted by Gasteiger charge is 2.11. The minimum Gasteiger partial charge on any atom is -0.476 e. The van der Waals surface area contributed by atoms with Gasteiger partial charge in [-0.2, -0.15) is 4.98 Å². The van der Waals surface area contributed by atoms with Crippen molar-refractivity contribution in [2.45, 2.75) is 13.3 Å². The van der Waals surface area contributed by atoms with Crippen LogP contribution in [0.25, 0.3) is 11.5 Å². The summed E-state index contributed by atoms with van der Waals surface area (Å²) in [5.41, 5.74) is 1.83. The van der Waals surface area contributed by atoms with Gasteiger partial charge in [-0.1, -0.05) is 29.8 Å². The van der Waals surface area contributed by atoms with Gasteiger partial charge in [0.15, 0.2) is 5.15 Å². The Bertz CT molecular complexity index is 759. The van der Waals surface area contributed by atoms with Crippen molar-refractivity contribution in [2.75, 3.05) is 6.61 Å². The van der Waals surface area contributed by atoms with E-state index in [4.69, 9.17) is 20.8 Å². The molecule has 0 atom stereocenters. The summed E-state index contributed by atoms with van der Waals surface area (Å²) < 4.78 is 11.2. The van der Waals surface area contributed by atoms with Crippen molar-refractivity contribution in [1.82, 2.24) is 15.0 Å². The Kier molecular flexibility index (Phi) is 4.34. The lowest BCUT2D eigenvalue weighted by Gasteiger charge is -2.03. The van der Waals surface area contributed by atoms with Crippen molar-refractivity contribution < 1.29 is 9.15 Å². The van der Waals surface area contributed by atoms with Crippen LogP contribution >= 0.6 is 11.6 Å². The van der Waals surface area contributed by atoms with Gasteiger partial charge in [0.25, 0.3) is 0 Å². The summed E-state index contributed by atoms with van der Waals surface area (Å²) in [7, 11) is 0. The fourth-order valence-corrected chi connectivity index (χ4v) is 2.15. The molecule has 3 aromatic rings. The first-order chi connectivity index (χ1) is 10.7. The number of oxazole rings is 1. The Morgan fingerprint density at radius 1 is 1.14 bits per heavy atom. The largest absolute Gasteiger partial charge is 0.476 e. The second-order valence-corrected chi connectivity index (χ2v) is 5.05. The number of aromatic nitrogens is 3. The van der Waals surface area contributed by atoms with Crippen molar-refractivity contribution in [2.24, 2.45) is 0 Å². The lowest BCUT2D eigenvalue weighted by Crippen LogP contribution is -2.04. The van der Waals surface area contributed by atoms with Gasteiger partial charge in [-0.15, -0.1) is 0 Å². The predicted octanol–water partition coefficient (Wildman–Crippen LogP) is 3.71. The Labute approximate surface area is 133 Å². The number of ether oxygens (including phenoxy) is 1.